The fourth-order valence-corrected chi connectivity index (χ4v) is 3.66. The van der Waals surface area contributed by atoms with Gasteiger partial charge in [-0.2, -0.15) is 5.10 Å². The Morgan fingerprint density at radius 3 is 3.00 bits per heavy atom. The molecule has 3 aromatic rings. The van der Waals surface area contributed by atoms with Crippen LogP contribution in [0.25, 0.3) is 11.0 Å². The Kier molecular flexibility index (Phi) is 3.77. The number of nitrogens with two attached hydrogens (primary N) is 1. The summed E-state index contributed by atoms with van der Waals surface area (Å²) in [4.78, 5) is 19.7. The molecule has 0 saturated carbocycles. The van der Waals surface area contributed by atoms with Crippen LogP contribution in [0.3, 0.4) is 0 Å². The van der Waals surface area contributed by atoms with Crippen LogP contribution in [-0.2, 0) is 20.0 Å². The van der Waals surface area contributed by atoms with Gasteiger partial charge in [-0.15, -0.1) is 0 Å². The molecule has 2 N–H and O–H groups in total. The van der Waals surface area contributed by atoms with E-state index in [9.17, 15) is 4.79 Å². The summed E-state index contributed by atoms with van der Waals surface area (Å²) in [5.41, 5.74) is 11.4. The molecule has 0 aliphatic carbocycles. The van der Waals surface area contributed by atoms with Gasteiger partial charge in [0.05, 0.1) is 17.1 Å². The number of benzene rings is 1. The Morgan fingerprint density at radius 1 is 1.36 bits per heavy atom. The van der Waals surface area contributed by atoms with Crippen LogP contribution < -0.4 is 10.6 Å². The van der Waals surface area contributed by atoms with E-state index in [2.05, 4.69) is 10.1 Å². The molecule has 0 bridgehead atoms. The summed E-state index contributed by atoms with van der Waals surface area (Å²) < 4.78 is 1.70. The maximum absolute atomic E-state index is 13.4. The number of anilines is 1. The normalized spacial score (nSPS) is 14.0. The largest absolute Gasteiger partial charge is 0.326 e. The SMILES string of the molecule is Cc1cc(C(=O)N2CCCc3c(CN)cccc32)c2cnn(C)c2n1. The van der Waals surface area contributed by atoms with Crippen molar-refractivity contribution in [2.75, 3.05) is 11.4 Å². The minimum Gasteiger partial charge on any atom is -0.326 e. The second-order valence-electron chi connectivity index (χ2n) is 6.50. The minimum atomic E-state index is -0.00128. The smallest absolute Gasteiger partial charge is 0.259 e. The highest BCUT2D eigenvalue weighted by Gasteiger charge is 2.27. The number of nitrogens with zero attached hydrogens (tertiary/aromatic N) is 4. The topological polar surface area (TPSA) is 77.0 Å². The monoisotopic (exact) mass is 335 g/mol. The molecule has 3 heterocycles. The molecular formula is C19H21N5O. The van der Waals surface area contributed by atoms with E-state index in [4.69, 9.17) is 5.73 Å². The molecule has 4 rings (SSSR count). The number of pyridine rings is 1. The first kappa shape index (κ1) is 15.8. The van der Waals surface area contributed by atoms with Crippen molar-refractivity contribution in [3.8, 4) is 0 Å². The molecule has 0 unspecified atom stereocenters. The van der Waals surface area contributed by atoms with E-state index in [0.29, 0.717) is 18.7 Å². The lowest BCUT2D eigenvalue weighted by Crippen LogP contribution is -2.36. The molecule has 2 aromatic heterocycles. The molecule has 0 fully saturated rings. The molecule has 6 nitrogen and oxygen atoms in total. The molecule has 1 aromatic carbocycles. The number of aryl methyl sites for hydroxylation is 2. The fourth-order valence-electron chi connectivity index (χ4n) is 3.66. The van der Waals surface area contributed by atoms with Crippen molar-refractivity contribution in [2.45, 2.75) is 26.3 Å². The number of rotatable bonds is 2. The number of aromatic nitrogens is 3. The molecule has 6 heteroatoms. The number of carbonyl (C=O) groups excluding carboxylic acids is 1. The Morgan fingerprint density at radius 2 is 2.20 bits per heavy atom. The van der Waals surface area contributed by atoms with Crippen LogP contribution in [0.15, 0.2) is 30.5 Å². The number of fused-ring (bicyclic) bond motifs is 2. The third-order valence-corrected chi connectivity index (χ3v) is 4.88. The molecule has 128 valence electrons. The summed E-state index contributed by atoms with van der Waals surface area (Å²) in [6, 6.07) is 7.89. The van der Waals surface area contributed by atoms with Crippen molar-refractivity contribution in [1.29, 1.82) is 0 Å². The molecule has 0 spiro atoms. The number of carbonyl (C=O) groups is 1. The van der Waals surface area contributed by atoms with Crippen LogP contribution in [-0.4, -0.2) is 27.2 Å². The molecule has 1 aliphatic rings. The Balaban J connectivity index is 1.84. The first-order chi connectivity index (χ1) is 12.1. The maximum atomic E-state index is 13.4. The van der Waals surface area contributed by atoms with Gasteiger partial charge in [0.15, 0.2) is 5.65 Å². The van der Waals surface area contributed by atoms with Crippen molar-refractivity contribution < 1.29 is 4.79 Å². The zero-order valence-electron chi connectivity index (χ0n) is 14.5. The van der Waals surface area contributed by atoms with E-state index in [1.54, 1.807) is 10.9 Å². The van der Waals surface area contributed by atoms with Gasteiger partial charge in [-0.05, 0) is 43.0 Å². The van der Waals surface area contributed by atoms with Crippen molar-refractivity contribution in [2.24, 2.45) is 12.8 Å². The predicted octanol–water partition coefficient (Wildman–Crippen LogP) is 2.33. The van der Waals surface area contributed by atoms with Crippen molar-refractivity contribution >= 4 is 22.6 Å². The molecule has 0 saturated heterocycles. The van der Waals surface area contributed by atoms with Gasteiger partial charge in [-0.3, -0.25) is 9.48 Å². The standard InChI is InChI=1S/C19H21N5O/c1-12-9-15(16-11-21-23(2)18(16)22-12)19(25)24-8-4-6-14-13(10-20)5-3-7-17(14)24/h3,5,7,9,11H,4,6,8,10,20H2,1-2H3. The summed E-state index contributed by atoms with van der Waals surface area (Å²) in [5.74, 6) is -0.00128. The van der Waals surface area contributed by atoms with E-state index < -0.39 is 0 Å². The first-order valence-corrected chi connectivity index (χ1v) is 8.52. The number of amides is 1. The van der Waals surface area contributed by atoms with Crippen molar-refractivity contribution in [3.05, 3.63) is 52.8 Å². The molecular weight excluding hydrogens is 314 g/mol. The number of hydrogen-bond acceptors (Lipinski definition) is 4. The number of hydrogen-bond donors (Lipinski definition) is 1. The lowest BCUT2D eigenvalue weighted by Gasteiger charge is -2.31. The highest BCUT2D eigenvalue weighted by molar-refractivity contribution is 6.13. The zero-order valence-corrected chi connectivity index (χ0v) is 14.5. The van der Waals surface area contributed by atoms with Gasteiger partial charge in [0, 0.05) is 31.5 Å². The summed E-state index contributed by atoms with van der Waals surface area (Å²) in [7, 11) is 1.84. The molecule has 1 amide bonds. The van der Waals surface area contributed by atoms with Gasteiger partial charge in [-0.25, -0.2) is 4.98 Å². The molecule has 0 atom stereocenters. The second kappa shape index (κ2) is 5.97. The van der Waals surface area contributed by atoms with Gasteiger partial charge in [-0.1, -0.05) is 12.1 Å². The van der Waals surface area contributed by atoms with Crippen molar-refractivity contribution in [3.63, 3.8) is 0 Å². The van der Waals surface area contributed by atoms with Crippen LogP contribution in [0, 0.1) is 6.92 Å². The van der Waals surface area contributed by atoms with Crippen LogP contribution in [0.5, 0.6) is 0 Å². The van der Waals surface area contributed by atoms with Crippen LogP contribution in [0.2, 0.25) is 0 Å². The highest BCUT2D eigenvalue weighted by atomic mass is 16.2. The molecule has 1 aliphatic heterocycles. The summed E-state index contributed by atoms with van der Waals surface area (Å²) in [5, 5.41) is 5.06. The van der Waals surface area contributed by atoms with Gasteiger partial charge >= 0.3 is 0 Å². The van der Waals surface area contributed by atoms with Crippen LogP contribution in [0.1, 0.15) is 33.6 Å². The third kappa shape index (κ3) is 2.49. The van der Waals surface area contributed by atoms with Gasteiger partial charge in [0.1, 0.15) is 0 Å². The second-order valence-corrected chi connectivity index (χ2v) is 6.50. The van der Waals surface area contributed by atoms with Crippen LogP contribution in [0.4, 0.5) is 5.69 Å². The summed E-state index contributed by atoms with van der Waals surface area (Å²) in [6.07, 6.45) is 3.62. The quantitative estimate of drug-likeness (QED) is 0.780. The maximum Gasteiger partial charge on any atom is 0.259 e. The first-order valence-electron chi connectivity index (χ1n) is 8.52. The highest BCUT2D eigenvalue weighted by Crippen LogP contribution is 2.32. The fraction of sp³-hybridized carbons (Fsp3) is 0.316. The van der Waals surface area contributed by atoms with E-state index in [1.165, 1.54) is 5.56 Å². The summed E-state index contributed by atoms with van der Waals surface area (Å²) in [6.45, 7) is 3.11. The average Bonchev–Trinajstić information content (AvgIpc) is 3.00. The van der Waals surface area contributed by atoms with E-state index >= 15 is 0 Å². The minimum absolute atomic E-state index is 0.00128. The average molecular weight is 335 g/mol. The van der Waals surface area contributed by atoms with Crippen LogP contribution >= 0.6 is 0 Å². The molecule has 0 radical (unpaired) electrons. The Labute approximate surface area is 146 Å². The lowest BCUT2D eigenvalue weighted by atomic mass is 9.95. The van der Waals surface area contributed by atoms with E-state index in [0.717, 1.165) is 40.8 Å². The van der Waals surface area contributed by atoms with E-state index in [1.807, 2.05) is 43.1 Å². The Hall–Kier alpha value is -2.73. The zero-order chi connectivity index (χ0) is 17.6. The van der Waals surface area contributed by atoms with E-state index in [-0.39, 0.29) is 5.91 Å². The van der Waals surface area contributed by atoms with Gasteiger partial charge in [0.25, 0.3) is 5.91 Å². The van der Waals surface area contributed by atoms with Gasteiger partial charge < -0.3 is 10.6 Å². The lowest BCUT2D eigenvalue weighted by molar-refractivity contribution is 0.0986. The predicted molar refractivity (Wildman–Crippen MR) is 97.6 cm³/mol. The summed E-state index contributed by atoms with van der Waals surface area (Å²) >= 11 is 0. The third-order valence-electron chi connectivity index (χ3n) is 4.88. The van der Waals surface area contributed by atoms with Crippen molar-refractivity contribution in [1.82, 2.24) is 14.8 Å². The molecule has 25 heavy (non-hydrogen) atoms. The Bertz CT molecular complexity index is 975. The van der Waals surface area contributed by atoms with Gasteiger partial charge in [0.2, 0.25) is 0 Å².